The number of hydrogen-bond acceptors (Lipinski definition) is 5. The first-order chi connectivity index (χ1) is 13.2. The molecule has 27 heavy (non-hydrogen) atoms. The Labute approximate surface area is 164 Å². The van der Waals surface area contributed by atoms with Gasteiger partial charge in [0, 0.05) is 55.9 Å². The van der Waals surface area contributed by atoms with E-state index in [4.69, 9.17) is 16.1 Å². The van der Waals surface area contributed by atoms with Gasteiger partial charge in [-0.15, -0.1) is 0 Å². The first kappa shape index (κ1) is 18.5. The van der Waals surface area contributed by atoms with Crippen molar-refractivity contribution in [3.63, 3.8) is 0 Å². The minimum Gasteiger partial charge on any atom is -0.355 e. The molecule has 1 aromatic carbocycles. The lowest BCUT2D eigenvalue weighted by molar-refractivity contribution is 0.0617. The number of hydrogen-bond donors (Lipinski definition) is 0. The van der Waals surface area contributed by atoms with Crippen LogP contribution in [0.1, 0.15) is 23.3 Å². The molecule has 0 saturated carbocycles. The van der Waals surface area contributed by atoms with E-state index in [9.17, 15) is 4.79 Å². The van der Waals surface area contributed by atoms with Gasteiger partial charge in [-0.3, -0.25) is 9.69 Å². The van der Waals surface area contributed by atoms with Crippen LogP contribution in [-0.2, 0) is 0 Å². The number of aromatic nitrogens is 1. The van der Waals surface area contributed by atoms with Crippen LogP contribution in [0, 0.1) is 0 Å². The number of amides is 1. The number of carbonyl (C=O) groups is 1. The van der Waals surface area contributed by atoms with E-state index in [0.29, 0.717) is 16.5 Å². The third-order valence-corrected chi connectivity index (χ3v) is 5.70. The third-order valence-electron chi connectivity index (χ3n) is 5.45. The number of nitrogens with zero attached hydrogens (tertiary/aromatic N) is 4. The van der Waals surface area contributed by atoms with Crippen molar-refractivity contribution in [2.75, 3.05) is 52.4 Å². The van der Waals surface area contributed by atoms with Crippen LogP contribution < -0.4 is 0 Å². The van der Waals surface area contributed by atoms with Gasteiger partial charge in [0.15, 0.2) is 11.5 Å². The Morgan fingerprint density at radius 1 is 0.963 bits per heavy atom. The molecule has 0 aliphatic carbocycles. The highest BCUT2D eigenvalue weighted by Gasteiger charge is 2.25. The first-order valence-electron chi connectivity index (χ1n) is 9.66. The quantitative estimate of drug-likeness (QED) is 0.788. The summed E-state index contributed by atoms with van der Waals surface area (Å²) in [5.41, 5.74) is 1.23. The summed E-state index contributed by atoms with van der Waals surface area (Å²) in [7, 11) is 0. The van der Waals surface area contributed by atoms with Gasteiger partial charge in [0.25, 0.3) is 5.91 Å². The molecule has 7 heteroatoms. The van der Waals surface area contributed by atoms with Crippen LogP contribution in [0.15, 0.2) is 34.9 Å². The van der Waals surface area contributed by atoms with Crippen molar-refractivity contribution in [2.24, 2.45) is 0 Å². The van der Waals surface area contributed by atoms with E-state index in [1.165, 1.54) is 25.9 Å². The third kappa shape index (κ3) is 4.51. The molecule has 2 saturated heterocycles. The number of halogens is 1. The molecule has 2 aromatic rings. The monoisotopic (exact) mass is 388 g/mol. The maximum absolute atomic E-state index is 12.7. The highest BCUT2D eigenvalue weighted by molar-refractivity contribution is 6.30. The topological polar surface area (TPSA) is 52.8 Å². The van der Waals surface area contributed by atoms with E-state index >= 15 is 0 Å². The molecule has 2 fully saturated rings. The maximum Gasteiger partial charge on any atom is 0.276 e. The second-order valence-corrected chi connectivity index (χ2v) is 7.70. The van der Waals surface area contributed by atoms with Crippen molar-refractivity contribution in [3.8, 4) is 11.3 Å². The fourth-order valence-electron chi connectivity index (χ4n) is 3.75. The molecule has 6 nitrogen and oxygen atoms in total. The number of piperazine rings is 1. The van der Waals surface area contributed by atoms with Crippen LogP contribution >= 0.6 is 11.6 Å². The van der Waals surface area contributed by atoms with E-state index in [2.05, 4.69) is 15.0 Å². The zero-order valence-corrected chi connectivity index (χ0v) is 16.2. The Morgan fingerprint density at radius 2 is 1.59 bits per heavy atom. The SMILES string of the molecule is O=C(c1cc(-c2ccc(Cl)cc2)on1)N1CCN(CCN2CCCC2)CC1. The largest absolute Gasteiger partial charge is 0.355 e. The average molecular weight is 389 g/mol. The highest BCUT2D eigenvalue weighted by atomic mass is 35.5. The summed E-state index contributed by atoms with van der Waals surface area (Å²) in [5, 5.41) is 4.64. The van der Waals surface area contributed by atoms with Gasteiger partial charge in [-0.05, 0) is 50.2 Å². The number of carbonyl (C=O) groups excluding carboxylic acids is 1. The molecular weight excluding hydrogens is 364 g/mol. The summed E-state index contributed by atoms with van der Waals surface area (Å²) in [6.07, 6.45) is 2.66. The zero-order chi connectivity index (χ0) is 18.6. The van der Waals surface area contributed by atoms with Crippen molar-refractivity contribution in [1.29, 1.82) is 0 Å². The van der Waals surface area contributed by atoms with Crippen LogP contribution in [0.25, 0.3) is 11.3 Å². The normalized spacial score (nSPS) is 18.9. The van der Waals surface area contributed by atoms with Crippen LogP contribution in [0.3, 0.4) is 0 Å². The lowest BCUT2D eigenvalue weighted by atomic mass is 10.1. The molecule has 0 radical (unpaired) electrons. The number of benzene rings is 1. The van der Waals surface area contributed by atoms with Gasteiger partial charge in [-0.2, -0.15) is 0 Å². The maximum atomic E-state index is 12.7. The summed E-state index contributed by atoms with van der Waals surface area (Å²) < 4.78 is 5.36. The Morgan fingerprint density at radius 3 is 2.26 bits per heavy atom. The summed E-state index contributed by atoms with van der Waals surface area (Å²) in [4.78, 5) is 19.6. The second kappa shape index (κ2) is 8.42. The predicted octanol–water partition coefficient (Wildman–Crippen LogP) is 2.85. The molecule has 2 aliphatic heterocycles. The van der Waals surface area contributed by atoms with E-state index in [1.807, 2.05) is 17.0 Å². The van der Waals surface area contributed by atoms with Gasteiger partial charge in [0.2, 0.25) is 0 Å². The molecular formula is C20H25ClN4O2. The van der Waals surface area contributed by atoms with Gasteiger partial charge < -0.3 is 14.3 Å². The molecule has 4 rings (SSSR count). The standard InChI is InChI=1S/C20H25ClN4O2/c21-17-5-3-16(4-6-17)19-15-18(22-27-19)20(26)25-13-11-24(12-14-25)10-9-23-7-1-2-8-23/h3-6,15H,1-2,7-14H2. The Bertz CT molecular complexity index is 763. The summed E-state index contributed by atoms with van der Waals surface area (Å²) in [6, 6.07) is 9.02. The van der Waals surface area contributed by atoms with Crippen molar-refractivity contribution < 1.29 is 9.32 Å². The van der Waals surface area contributed by atoms with E-state index < -0.39 is 0 Å². The number of rotatable bonds is 5. The zero-order valence-electron chi connectivity index (χ0n) is 15.4. The summed E-state index contributed by atoms with van der Waals surface area (Å²) in [5.74, 6) is 0.525. The smallest absolute Gasteiger partial charge is 0.276 e. The van der Waals surface area contributed by atoms with Crippen LogP contribution in [0.5, 0.6) is 0 Å². The number of likely N-dealkylation sites (tertiary alicyclic amines) is 1. The molecule has 144 valence electrons. The van der Waals surface area contributed by atoms with Gasteiger partial charge in [0.1, 0.15) is 0 Å². The second-order valence-electron chi connectivity index (χ2n) is 7.27. The molecule has 2 aliphatic rings. The van der Waals surface area contributed by atoms with Gasteiger partial charge in [-0.25, -0.2) is 0 Å². The Kier molecular flexibility index (Phi) is 5.76. The van der Waals surface area contributed by atoms with Crippen LogP contribution in [-0.4, -0.2) is 78.1 Å². The van der Waals surface area contributed by atoms with Gasteiger partial charge >= 0.3 is 0 Å². The minimum atomic E-state index is -0.0573. The lowest BCUT2D eigenvalue weighted by Gasteiger charge is -2.35. The molecule has 0 bridgehead atoms. The van der Waals surface area contributed by atoms with Gasteiger partial charge in [0.05, 0.1) is 0 Å². The Balaban J connectivity index is 1.29. The van der Waals surface area contributed by atoms with Gasteiger partial charge in [-0.1, -0.05) is 16.8 Å². The van der Waals surface area contributed by atoms with Crippen LogP contribution in [0.4, 0.5) is 0 Å². The molecule has 0 atom stereocenters. The van der Waals surface area contributed by atoms with Crippen molar-refractivity contribution in [2.45, 2.75) is 12.8 Å². The highest BCUT2D eigenvalue weighted by Crippen LogP contribution is 2.23. The van der Waals surface area contributed by atoms with Crippen molar-refractivity contribution in [1.82, 2.24) is 19.9 Å². The summed E-state index contributed by atoms with van der Waals surface area (Å²) >= 11 is 5.91. The van der Waals surface area contributed by atoms with E-state index in [-0.39, 0.29) is 5.91 Å². The molecule has 3 heterocycles. The minimum absolute atomic E-state index is 0.0573. The fraction of sp³-hybridized carbons (Fsp3) is 0.500. The van der Waals surface area contributed by atoms with Crippen molar-refractivity contribution in [3.05, 3.63) is 41.0 Å². The Hall–Kier alpha value is -1.89. The molecule has 1 amide bonds. The predicted molar refractivity (Wildman–Crippen MR) is 105 cm³/mol. The fourth-order valence-corrected chi connectivity index (χ4v) is 3.88. The van der Waals surface area contributed by atoms with Crippen LogP contribution in [0.2, 0.25) is 5.02 Å². The first-order valence-corrected chi connectivity index (χ1v) is 10.0. The average Bonchev–Trinajstić information content (AvgIpc) is 3.39. The molecule has 0 N–H and O–H groups in total. The van der Waals surface area contributed by atoms with E-state index in [1.54, 1.807) is 18.2 Å². The molecule has 1 aromatic heterocycles. The van der Waals surface area contributed by atoms with E-state index in [0.717, 1.165) is 44.8 Å². The lowest BCUT2D eigenvalue weighted by Crippen LogP contribution is -2.50. The molecule has 0 unspecified atom stereocenters. The molecule has 0 spiro atoms. The summed E-state index contributed by atoms with van der Waals surface area (Å²) in [6.45, 7) is 8.02. The van der Waals surface area contributed by atoms with Crippen molar-refractivity contribution >= 4 is 17.5 Å².